The first-order valence-corrected chi connectivity index (χ1v) is 12.2. The highest BCUT2D eigenvalue weighted by Gasteiger charge is 2.62. The minimum atomic E-state index is -2.44. The van der Waals surface area contributed by atoms with E-state index in [0.29, 0.717) is 5.57 Å². The van der Waals surface area contributed by atoms with E-state index in [0.717, 1.165) is 0 Å². The fourth-order valence-corrected chi connectivity index (χ4v) is 5.45. The summed E-state index contributed by atoms with van der Waals surface area (Å²) in [6.45, 7) is 10.0. The van der Waals surface area contributed by atoms with Gasteiger partial charge in [0.05, 0.1) is 11.8 Å². The van der Waals surface area contributed by atoms with Crippen molar-refractivity contribution >= 4 is 76.1 Å². The first-order chi connectivity index (χ1) is 16.0. The van der Waals surface area contributed by atoms with Gasteiger partial charge in [0.25, 0.3) is 9.70 Å². The van der Waals surface area contributed by atoms with Gasteiger partial charge in [-0.25, -0.2) is 9.59 Å². The standard InChI is InChI=1S/C22H23Cl4NO8/c1-7(2)17(29)33-10-6-21(5,35-20(32)27-19(31)22(24,25)26)13-12(8(3)15(28)14(13)23)16-11(10)9(4)18(30)34-16/h7,10-11,13-14,16H,4,6H2,1-3,5H3,(H,27,31,32)/t10-,11-,13+,14?,16+,21-/m1/s1. The summed E-state index contributed by atoms with van der Waals surface area (Å²) >= 11 is 23.0. The molecule has 1 saturated carbocycles. The topological polar surface area (TPSA) is 125 Å². The number of alkyl carbamates (subject to hydrolysis) is 1. The molecule has 6 atom stereocenters. The second kappa shape index (κ2) is 9.57. The van der Waals surface area contributed by atoms with Crippen molar-refractivity contribution in [2.75, 3.05) is 0 Å². The van der Waals surface area contributed by atoms with Crippen LogP contribution < -0.4 is 5.32 Å². The Morgan fingerprint density at radius 2 is 1.83 bits per heavy atom. The Bertz CT molecular complexity index is 1050. The Kier molecular flexibility index (Phi) is 7.60. The summed E-state index contributed by atoms with van der Waals surface area (Å²) < 4.78 is 14.5. The van der Waals surface area contributed by atoms with E-state index in [-0.39, 0.29) is 17.6 Å². The molecule has 2 amide bonds. The molecule has 0 aromatic carbocycles. The molecule has 9 nitrogen and oxygen atoms in total. The number of hydrogen-bond donors (Lipinski definition) is 1. The summed E-state index contributed by atoms with van der Waals surface area (Å²) in [4.78, 5) is 62.5. The number of ketones is 1. The number of Topliss-reactive ketones (excluding diaryl/α,β-unsaturated/α-hetero) is 1. The third-order valence-electron chi connectivity index (χ3n) is 6.41. The molecule has 3 rings (SSSR count). The molecule has 3 aliphatic rings. The van der Waals surface area contributed by atoms with Gasteiger partial charge in [0, 0.05) is 17.9 Å². The zero-order valence-corrected chi connectivity index (χ0v) is 22.2. The van der Waals surface area contributed by atoms with Crippen LogP contribution in [0, 0.1) is 17.8 Å². The molecular formula is C22H23Cl4NO8. The van der Waals surface area contributed by atoms with Gasteiger partial charge in [-0.1, -0.05) is 55.2 Å². The fraction of sp³-hybridized carbons (Fsp3) is 0.591. The predicted octanol–water partition coefficient (Wildman–Crippen LogP) is 3.56. The number of carbonyl (C=O) groups is 5. The Labute approximate surface area is 221 Å². The van der Waals surface area contributed by atoms with Crippen molar-refractivity contribution in [3.8, 4) is 0 Å². The lowest BCUT2D eigenvalue weighted by Gasteiger charge is -2.38. The molecule has 2 aliphatic carbocycles. The van der Waals surface area contributed by atoms with E-state index in [1.165, 1.54) is 13.8 Å². The number of fused-ring (bicyclic) bond motifs is 3. The summed E-state index contributed by atoms with van der Waals surface area (Å²) in [6, 6.07) is 0. The first kappa shape index (κ1) is 27.8. The van der Waals surface area contributed by atoms with E-state index in [1.807, 2.05) is 5.32 Å². The van der Waals surface area contributed by atoms with E-state index >= 15 is 0 Å². The molecule has 35 heavy (non-hydrogen) atoms. The second-order valence-corrected chi connectivity index (χ2v) is 11.9. The summed E-state index contributed by atoms with van der Waals surface area (Å²) in [6.07, 6.45) is -3.54. The van der Waals surface area contributed by atoms with Gasteiger partial charge in [-0.15, -0.1) is 11.6 Å². The van der Waals surface area contributed by atoms with Gasteiger partial charge in [-0.3, -0.25) is 19.7 Å². The van der Waals surface area contributed by atoms with Crippen LogP contribution in [0.3, 0.4) is 0 Å². The maximum absolute atomic E-state index is 12.9. The number of imide groups is 1. The highest BCUT2D eigenvalue weighted by atomic mass is 35.6. The van der Waals surface area contributed by atoms with E-state index in [1.54, 1.807) is 13.8 Å². The Morgan fingerprint density at radius 1 is 1.23 bits per heavy atom. The van der Waals surface area contributed by atoms with Gasteiger partial charge in [0.2, 0.25) is 0 Å². The average molecular weight is 571 g/mol. The smallest absolute Gasteiger partial charge is 0.414 e. The monoisotopic (exact) mass is 569 g/mol. The molecule has 0 aromatic rings. The number of amides is 2. The van der Waals surface area contributed by atoms with Gasteiger partial charge in [0.1, 0.15) is 23.2 Å². The van der Waals surface area contributed by atoms with Crippen LogP contribution in [0.1, 0.15) is 34.1 Å². The van der Waals surface area contributed by atoms with E-state index < -0.39 is 74.5 Å². The van der Waals surface area contributed by atoms with E-state index in [4.69, 9.17) is 60.6 Å². The minimum Gasteiger partial charge on any atom is -0.461 e. The van der Waals surface area contributed by atoms with Crippen molar-refractivity contribution in [1.29, 1.82) is 0 Å². The molecule has 1 N–H and O–H groups in total. The van der Waals surface area contributed by atoms with Gasteiger partial charge in [0.15, 0.2) is 5.78 Å². The van der Waals surface area contributed by atoms with Gasteiger partial charge < -0.3 is 14.2 Å². The Hall–Kier alpha value is -1.81. The van der Waals surface area contributed by atoms with Crippen molar-refractivity contribution in [2.45, 2.75) is 61.1 Å². The number of hydrogen-bond acceptors (Lipinski definition) is 8. The molecule has 0 aromatic heterocycles. The summed E-state index contributed by atoms with van der Waals surface area (Å²) in [5.74, 6) is -5.33. The average Bonchev–Trinajstić information content (AvgIpc) is 3.10. The highest BCUT2D eigenvalue weighted by Crippen LogP contribution is 2.54. The summed E-state index contributed by atoms with van der Waals surface area (Å²) in [5.41, 5.74) is -1.01. The largest absolute Gasteiger partial charge is 0.461 e. The summed E-state index contributed by atoms with van der Waals surface area (Å²) in [5, 5.41) is 0.624. The van der Waals surface area contributed by atoms with Crippen LogP contribution in [-0.4, -0.2) is 56.7 Å². The lowest BCUT2D eigenvalue weighted by molar-refractivity contribution is -0.159. The fourth-order valence-electron chi connectivity index (χ4n) is 4.74. The third kappa shape index (κ3) is 5.05. The SMILES string of the molecule is C=C1C(=O)O[C@@H]2C3=C(C)C(=O)C(Cl)[C@H]3[C@](C)(OC(=O)NC(=O)C(Cl)(Cl)Cl)C[C@@H](OC(=O)C(C)C)[C@@H]12. The van der Waals surface area contributed by atoms with Gasteiger partial charge >= 0.3 is 18.0 Å². The molecule has 0 bridgehead atoms. The van der Waals surface area contributed by atoms with Crippen LogP contribution in [0.15, 0.2) is 23.3 Å². The lowest BCUT2D eigenvalue weighted by atomic mass is 9.81. The zero-order valence-electron chi connectivity index (χ0n) is 19.2. The normalized spacial score (nSPS) is 32.6. The maximum Gasteiger partial charge on any atom is 0.414 e. The van der Waals surface area contributed by atoms with E-state index in [9.17, 15) is 24.0 Å². The molecule has 1 heterocycles. The second-order valence-electron chi connectivity index (χ2n) is 9.19. The Balaban J connectivity index is 2.09. The first-order valence-electron chi connectivity index (χ1n) is 10.6. The van der Waals surface area contributed by atoms with Crippen LogP contribution in [0.2, 0.25) is 0 Å². The molecule has 0 radical (unpaired) electrons. The van der Waals surface area contributed by atoms with Crippen molar-refractivity contribution in [3.05, 3.63) is 23.3 Å². The predicted molar refractivity (Wildman–Crippen MR) is 126 cm³/mol. The minimum absolute atomic E-state index is 0.0427. The van der Waals surface area contributed by atoms with Crippen LogP contribution in [0.5, 0.6) is 0 Å². The molecule has 13 heteroatoms. The molecule has 2 fully saturated rings. The number of allylic oxidation sites excluding steroid dienone is 1. The number of halogens is 4. The summed E-state index contributed by atoms with van der Waals surface area (Å²) in [7, 11) is 0. The van der Waals surface area contributed by atoms with Crippen molar-refractivity contribution in [2.24, 2.45) is 17.8 Å². The molecule has 1 aliphatic heterocycles. The number of nitrogens with one attached hydrogen (secondary N) is 1. The third-order valence-corrected chi connectivity index (χ3v) is 7.38. The molecule has 192 valence electrons. The molecule has 1 saturated heterocycles. The van der Waals surface area contributed by atoms with Crippen LogP contribution in [-0.2, 0) is 33.4 Å². The van der Waals surface area contributed by atoms with Gasteiger partial charge in [-0.05, 0) is 25.0 Å². The number of ether oxygens (including phenoxy) is 3. The number of carbonyl (C=O) groups excluding carboxylic acids is 5. The number of alkyl halides is 4. The quantitative estimate of drug-likeness (QED) is 0.236. The van der Waals surface area contributed by atoms with Gasteiger partial charge in [-0.2, -0.15) is 0 Å². The molecule has 0 spiro atoms. The number of esters is 2. The lowest BCUT2D eigenvalue weighted by Crippen LogP contribution is -2.50. The van der Waals surface area contributed by atoms with Crippen molar-refractivity contribution < 1.29 is 38.2 Å². The van der Waals surface area contributed by atoms with Crippen LogP contribution in [0.25, 0.3) is 0 Å². The Morgan fingerprint density at radius 3 is 2.37 bits per heavy atom. The van der Waals surface area contributed by atoms with Crippen molar-refractivity contribution in [3.63, 3.8) is 0 Å². The molecule has 1 unspecified atom stereocenters. The van der Waals surface area contributed by atoms with Crippen LogP contribution in [0.4, 0.5) is 4.79 Å². The maximum atomic E-state index is 12.9. The van der Waals surface area contributed by atoms with E-state index in [2.05, 4.69) is 6.58 Å². The van der Waals surface area contributed by atoms with Crippen molar-refractivity contribution in [1.82, 2.24) is 5.32 Å². The van der Waals surface area contributed by atoms with Crippen LogP contribution >= 0.6 is 46.4 Å². The highest BCUT2D eigenvalue weighted by molar-refractivity contribution is 6.76. The zero-order chi connectivity index (χ0) is 26.6. The number of rotatable bonds is 3. The molecular weight excluding hydrogens is 548 g/mol.